The summed E-state index contributed by atoms with van der Waals surface area (Å²) in [7, 11) is -4.37. The third-order valence-corrected chi connectivity index (χ3v) is 10.7. The standard InChI is InChI=1S/C26H24F8N4O2S.ClH/c27-19-5-7-21(8-6-19)41(39,40)23(11-9-20(10-12-23)38-15-22(36-37-38)16-13-35-14-16)17-1-3-18(4-2-17)24(28,25(29,30)31)26(32,33)34;/h1-8,15-16,20,35H,9-14H2;1H. The number of nitrogens with one attached hydrogen (secondary N) is 1. The van der Waals surface area contributed by atoms with Crippen molar-refractivity contribution in [3.63, 3.8) is 0 Å². The minimum atomic E-state index is -6.31. The van der Waals surface area contributed by atoms with Crippen molar-refractivity contribution < 1.29 is 43.5 Å². The van der Waals surface area contributed by atoms with Gasteiger partial charge >= 0.3 is 18.0 Å². The molecule has 1 saturated heterocycles. The summed E-state index contributed by atoms with van der Waals surface area (Å²) in [4.78, 5) is -0.271. The summed E-state index contributed by atoms with van der Waals surface area (Å²) < 4.78 is 136. The molecule has 2 aliphatic rings. The van der Waals surface area contributed by atoms with Crippen molar-refractivity contribution in [1.82, 2.24) is 20.3 Å². The molecule has 1 aliphatic heterocycles. The molecule has 1 N–H and O–H groups in total. The quantitative estimate of drug-likeness (QED) is 0.252. The molecular formula is C26H25ClF8N4O2S. The molecular weight excluding hydrogens is 620 g/mol. The molecule has 0 spiro atoms. The number of halogens is 9. The molecule has 0 radical (unpaired) electrons. The van der Waals surface area contributed by atoms with Crippen LogP contribution >= 0.6 is 12.4 Å². The third kappa shape index (κ3) is 5.17. The highest BCUT2D eigenvalue weighted by Gasteiger charge is 2.73. The van der Waals surface area contributed by atoms with Crippen molar-refractivity contribution >= 4 is 22.2 Å². The number of aromatic nitrogens is 3. The average molecular weight is 645 g/mol. The maximum absolute atomic E-state index is 14.6. The van der Waals surface area contributed by atoms with Gasteiger partial charge in [-0.3, -0.25) is 0 Å². The van der Waals surface area contributed by atoms with Crippen molar-refractivity contribution in [2.75, 3.05) is 13.1 Å². The van der Waals surface area contributed by atoms with Gasteiger partial charge in [0, 0.05) is 30.8 Å². The molecule has 42 heavy (non-hydrogen) atoms. The Morgan fingerprint density at radius 3 is 1.88 bits per heavy atom. The van der Waals surface area contributed by atoms with E-state index in [1.54, 1.807) is 10.9 Å². The van der Waals surface area contributed by atoms with Crippen molar-refractivity contribution in [2.24, 2.45) is 0 Å². The predicted molar refractivity (Wildman–Crippen MR) is 137 cm³/mol. The van der Waals surface area contributed by atoms with E-state index in [4.69, 9.17) is 0 Å². The Labute approximate surface area is 241 Å². The van der Waals surface area contributed by atoms with Crippen LogP contribution < -0.4 is 5.32 Å². The zero-order valence-electron chi connectivity index (χ0n) is 21.6. The van der Waals surface area contributed by atoms with Gasteiger partial charge in [0.05, 0.1) is 16.6 Å². The second-order valence-corrected chi connectivity index (χ2v) is 12.7. The minimum Gasteiger partial charge on any atom is -0.315 e. The molecule has 2 fully saturated rings. The van der Waals surface area contributed by atoms with E-state index < -0.39 is 44.0 Å². The van der Waals surface area contributed by atoms with Gasteiger partial charge in [-0.15, -0.1) is 17.5 Å². The maximum Gasteiger partial charge on any atom is 0.435 e. The van der Waals surface area contributed by atoms with Gasteiger partial charge in [0.25, 0.3) is 0 Å². The summed E-state index contributed by atoms with van der Waals surface area (Å²) in [6.45, 7) is 1.50. The summed E-state index contributed by atoms with van der Waals surface area (Å²) in [5, 5.41) is 11.5. The lowest BCUT2D eigenvalue weighted by Gasteiger charge is -2.40. The van der Waals surface area contributed by atoms with E-state index in [9.17, 15) is 43.5 Å². The fraction of sp³-hybridized carbons (Fsp3) is 0.462. The van der Waals surface area contributed by atoms with Crippen molar-refractivity contribution in [2.45, 2.75) is 65.3 Å². The third-order valence-electron chi connectivity index (χ3n) is 8.09. The molecule has 0 bridgehead atoms. The van der Waals surface area contributed by atoms with Crippen LogP contribution in [0.25, 0.3) is 0 Å². The highest BCUT2D eigenvalue weighted by molar-refractivity contribution is 7.92. The second-order valence-electron chi connectivity index (χ2n) is 10.4. The van der Waals surface area contributed by atoms with Gasteiger partial charge in [-0.2, -0.15) is 26.3 Å². The van der Waals surface area contributed by atoms with Crippen LogP contribution in [0.5, 0.6) is 0 Å². The van der Waals surface area contributed by atoms with Gasteiger partial charge in [-0.05, 0) is 55.5 Å². The van der Waals surface area contributed by atoms with Crippen LogP contribution in [0.2, 0.25) is 0 Å². The van der Waals surface area contributed by atoms with Crippen LogP contribution in [-0.4, -0.2) is 48.9 Å². The Bertz CT molecular complexity index is 1480. The lowest BCUT2D eigenvalue weighted by molar-refractivity contribution is -0.348. The van der Waals surface area contributed by atoms with Gasteiger partial charge < -0.3 is 5.32 Å². The molecule has 16 heteroatoms. The lowest BCUT2D eigenvalue weighted by Crippen LogP contribution is -2.50. The first kappa shape index (κ1) is 32.1. The zero-order valence-corrected chi connectivity index (χ0v) is 23.2. The van der Waals surface area contributed by atoms with E-state index >= 15 is 0 Å². The molecule has 230 valence electrons. The number of nitrogens with zero attached hydrogens (tertiary/aromatic N) is 3. The SMILES string of the molecule is Cl.O=S(=O)(c1ccc(F)cc1)C1(c2ccc(C(F)(C(F)(F)F)C(F)(F)F)cc2)CCC(n2cc(C3CNC3)nn2)CC1. The van der Waals surface area contributed by atoms with E-state index in [1.165, 1.54) is 0 Å². The Morgan fingerprint density at radius 1 is 0.857 bits per heavy atom. The van der Waals surface area contributed by atoms with Crippen LogP contribution in [0.3, 0.4) is 0 Å². The molecule has 2 heterocycles. The molecule has 5 rings (SSSR count). The molecule has 0 atom stereocenters. The van der Waals surface area contributed by atoms with Crippen LogP contribution in [0.15, 0.2) is 59.6 Å². The molecule has 0 amide bonds. The number of alkyl halides is 7. The first-order valence-corrected chi connectivity index (χ1v) is 14.1. The summed E-state index contributed by atoms with van der Waals surface area (Å²) in [5.41, 5.74) is -6.69. The van der Waals surface area contributed by atoms with Crippen LogP contribution in [0, 0.1) is 5.82 Å². The number of hydrogen-bond donors (Lipinski definition) is 1. The van der Waals surface area contributed by atoms with E-state index in [0.29, 0.717) is 12.1 Å². The fourth-order valence-corrected chi connectivity index (χ4v) is 7.70. The average Bonchev–Trinajstić information content (AvgIpc) is 3.35. The lowest BCUT2D eigenvalue weighted by atomic mass is 9.80. The van der Waals surface area contributed by atoms with E-state index in [-0.39, 0.29) is 60.5 Å². The fourth-order valence-electron chi connectivity index (χ4n) is 5.53. The molecule has 6 nitrogen and oxygen atoms in total. The number of sulfone groups is 1. The molecule has 2 aromatic carbocycles. The zero-order chi connectivity index (χ0) is 29.8. The smallest absolute Gasteiger partial charge is 0.315 e. The van der Waals surface area contributed by atoms with Gasteiger partial charge in [0.15, 0.2) is 9.84 Å². The number of hydrogen-bond acceptors (Lipinski definition) is 5. The Morgan fingerprint density at radius 2 is 1.40 bits per heavy atom. The van der Waals surface area contributed by atoms with Gasteiger partial charge in [-0.25, -0.2) is 21.9 Å². The first-order chi connectivity index (χ1) is 19.1. The van der Waals surface area contributed by atoms with E-state index in [0.717, 1.165) is 55.2 Å². The largest absolute Gasteiger partial charge is 0.435 e. The van der Waals surface area contributed by atoms with Crippen molar-refractivity contribution in [3.05, 3.63) is 77.4 Å². The van der Waals surface area contributed by atoms with E-state index in [1.807, 2.05) is 0 Å². The second kappa shape index (κ2) is 11.1. The van der Waals surface area contributed by atoms with Gasteiger partial charge in [-0.1, -0.05) is 29.5 Å². The van der Waals surface area contributed by atoms with Crippen LogP contribution in [0.1, 0.15) is 54.5 Å². The summed E-state index contributed by atoms with van der Waals surface area (Å²) >= 11 is 0. The van der Waals surface area contributed by atoms with E-state index in [2.05, 4.69) is 15.6 Å². The monoisotopic (exact) mass is 644 g/mol. The van der Waals surface area contributed by atoms with Crippen LogP contribution in [-0.2, 0) is 20.3 Å². The van der Waals surface area contributed by atoms with Crippen LogP contribution in [0.4, 0.5) is 35.1 Å². The van der Waals surface area contributed by atoms with Gasteiger partial charge in [0.2, 0.25) is 0 Å². The summed E-state index contributed by atoms with van der Waals surface area (Å²) in [6.07, 6.45) is -10.6. The number of rotatable bonds is 6. The molecule has 1 aromatic heterocycles. The molecule has 3 aromatic rings. The topological polar surface area (TPSA) is 76.9 Å². The van der Waals surface area contributed by atoms with Gasteiger partial charge in [0.1, 0.15) is 10.6 Å². The highest BCUT2D eigenvalue weighted by atomic mass is 35.5. The maximum atomic E-state index is 14.6. The predicted octanol–water partition coefficient (Wildman–Crippen LogP) is 6.30. The Hall–Kier alpha value is -2.78. The normalized spacial score (nSPS) is 22.3. The minimum absolute atomic E-state index is 0. The molecule has 0 unspecified atom stereocenters. The Kier molecular flexibility index (Phi) is 8.46. The Balaban J connectivity index is 0.00000405. The highest BCUT2D eigenvalue weighted by Crippen LogP contribution is 2.54. The van der Waals surface area contributed by atoms with Crippen molar-refractivity contribution in [3.8, 4) is 0 Å². The first-order valence-electron chi connectivity index (χ1n) is 12.7. The summed E-state index contributed by atoms with van der Waals surface area (Å²) in [5.74, 6) is -0.492. The number of benzene rings is 2. The van der Waals surface area contributed by atoms with Crippen molar-refractivity contribution in [1.29, 1.82) is 0 Å². The molecule has 1 saturated carbocycles. The summed E-state index contributed by atoms with van der Waals surface area (Å²) in [6, 6.07) is 5.92. The molecule has 1 aliphatic carbocycles.